The number of carbonyl (C=O) groups excluding carboxylic acids is 2. The molecule has 0 spiro atoms. The van der Waals surface area contributed by atoms with E-state index < -0.39 is 28.5 Å². The van der Waals surface area contributed by atoms with Gasteiger partial charge in [-0.2, -0.15) is 0 Å². The Morgan fingerprint density at radius 3 is 2.15 bits per heavy atom. The normalized spacial score (nSPS) is 12.9. The van der Waals surface area contributed by atoms with Gasteiger partial charge >= 0.3 is 0 Å². The van der Waals surface area contributed by atoms with Crippen molar-refractivity contribution in [1.82, 2.24) is 10.2 Å². The Balaban J connectivity index is 2.11. The highest BCUT2D eigenvalue weighted by Crippen LogP contribution is 2.35. The summed E-state index contributed by atoms with van der Waals surface area (Å²) < 4.78 is 26.8. The number of hydrogen-bond acceptors (Lipinski definition) is 4. The molecule has 1 N–H and O–H groups in total. The molecule has 0 heterocycles. The average Bonchev–Trinajstić information content (AvgIpc) is 2.92. The third-order valence-electron chi connectivity index (χ3n) is 6.81. The van der Waals surface area contributed by atoms with Crippen molar-refractivity contribution in [1.29, 1.82) is 0 Å². The molecule has 0 bridgehead atoms. The topological polar surface area (TPSA) is 86.8 Å². The largest absolute Gasteiger partial charge is 0.352 e. The van der Waals surface area contributed by atoms with Crippen LogP contribution in [0.3, 0.4) is 0 Å². The van der Waals surface area contributed by atoms with Gasteiger partial charge in [-0.15, -0.1) is 0 Å². The van der Waals surface area contributed by atoms with Crippen molar-refractivity contribution in [2.75, 3.05) is 17.1 Å². The van der Waals surface area contributed by atoms with E-state index in [1.807, 2.05) is 75.4 Å². The molecule has 3 aromatic rings. The predicted molar refractivity (Wildman–Crippen MR) is 167 cm³/mol. The van der Waals surface area contributed by atoms with E-state index in [1.54, 1.807) is 0 Å². The fraction of sp³-hybridized carbons (Fsp3) is 0.333. The summed E-state index contributed by atoms with van der Waals surface area (Å²) in [6.07, 6.45) is 1.91. The number of amides is 2. The van der Waals surface area contributed by atoms with Crippen LogP contribution in [0.2, 0.25) is 15.1 Å². The second-order valence-electron chi connectivity index (χ2n) is 9.96. The van der Waals surface area contributed by atoms with Gasteiger partial charge < -0.3 is 10.2 Å². The number of hydrogen-bond donors (Lipinski definition) is 1. The van der Waals surface area contributed by atoms with E-state index in [0.29, 0.717) is 6.42 Å². The lowest BCUT2D eigenvalue weighted by Gasteiger charge is -2.34. The lowest BCUT2D eigenvalue weighted by Crippen LogP contribution is -2.54. The van der Waals surface area contributed by atoms with E-state index in [4.69, 9.17) is 34.8 Å². The van der Waals surface area contributed by atoms with Crippen LogP contribution in [0.15, 0.2) is 66.7 Å². The molecule has 0 aliphatic carbocycles. The van der Waals surface area contributed by atoms with E-state index in [0.717, 1.165) is 27.3 Å². The first-order valence-electron chi connectivity index (χ1n) is 13.1. The maximum Gasteiger partial charge on any atom is 0.244 e. The van der Waals surface area contributed by atoms with E-state index in [9.17, 15) is 18.0 Å². The van der Waals surface area contributed by atoms with Gasteiger partial charge in [-0.3, -0.25) is 13.9 Å². The monoisotopic (exact) mass is 637 g/mol. The number of carbonyl (C=O) groups is 2. The summed E-state index contributed by atoms with van der Waals surface area (Å²) in [4.78, 5) is 29.4. The second kappa shape index (κ2) is 14.4. The summed E-state index contributed by atoms with van der Waals surface area (Å²) in [5.41, 5.74) is 2.62. The van der Waals surface area contributed by atoms with Crippen LogP contribution in [0, 0.1) is 6.92 Å². The molecule has 0 unspecified atom stereocenters. The van der Waals surface area contributed by atoms with Crippen molar-refractivity contribution in [2.24, 2.45) is 0 Å². The highest BCUT2D eigenvalue weighted by molar-refractivity contribution is 7.92. The summed E-state index contributed by atoms with van der Waals surface area (Å²) >= 11 is 18.6. The fourth-order valence-corrected chi connectivity index (χ4v) is 5.81. The van der Waals surface area contributed by atoms with Crippen molar-refractivity contribution < 1.29 is 18.0 Å². The van der Waals surface area contributed by atoms with Gasteiger partial charge in [-0.05, 0) is 49.1 Å². The molecule has 220 valence electrons. The smallest absolute Gasteiger partial charge is 0.244 e. The summed E-state index contributed by atoms with van der Waals surface area (Å²) in [5, 5.41) is 3.24. The Kier molecular flexibility index (Phi) is 11.5. The molecular weight excluding hydrogens is 605 g/mol. The maximum absolute atomic E-state index is 14.2. The third-order valence-corrected chi connectivity index (χ3v) is 8.96. The van der Waals surface area contributed by atoms with Gasteiger partial charge in [0.15, 0.2) is 0 Å². The molecule has 0 aliphatic rings. The van der Waals surface area contributed by atoms with Crippen LogP contribution in [0.4, 0.5) is 5.69 Å². The van der Waals surface area contributed by atoms with Gasteiger partial charge in [0.1, 0.15) is 12.6 Å². The highest BCUT2D eigenvalue weighted by atomic mass is 35.5. The summed E-state index contributed by atoms with van der Waals surface area (Å²) in [6, 6.07) is 18.5. The molecule has 0 radical (unpaired) electrons. The molecule has 3 aromatic carbocycles. The second-order valence-corrected chi connectivity index (χ2v) is 13.1. The van der Waals surface area contributed by atoms with Gasteiger partial charge in [0, 0.05) is 19.0 Å². The standard InChI is InChI=1S/C30H34Cl3N3O4S/c1-5-21(3)34-30(38)28(15-22-12-7-6-8-13-22)35(18-23-14-10-9-11-20(23)2)29(37)19-36(41(4,39)40)27-17-25(32)24(31)16-26(27)33/h6-14,16-17,21,28H,5,15,18-19H2,1-4H3,(H,34,38)/t21-,28+/m0/s1. The fourth-order valence-electron chi connectivity index (χ4n) is 4.26. The Bertz CT molecular complexity index is 1490. The maximum atomic E-state index is 14.2. The molecule has 0 saturated heterocycles. The van der Waals surface area contributed by atoms with Crippen LogP contribution >= 0.6 is 34.8 Å². The van der Waals surface area contributed by atoms with E-state index >= 15 is 0 Å². The quantitative estimate of drug-likeness (QED) is 0.237. The Labute approximate surface area is 257 Å². The van der Waals surface area contributed by atoms with Crippen molar-refractivity contribution >= 4 is 62.3 Å². The predicted octanol–water partition coefficient (Wildman–Crippen LogP) is 6.28. The molecular formula is C30H34Cl3N3O4S. The Hall–Kier alpha value is -2.78. The third kappa shape index (κ3) is 8.85. The molecule has 3 rings (SSSR count). The van der Waals surface area contributed by atoms with Crippen molar-refractivity contribution in [2.45, 2.75) is 52.2 Å². The molecule has 0 saturated carbocycles. The summed E-state index contributed by atoms with van der Waals surface area (Å²) in [6.45, 7) is 5.25. The lowest BCUT2D eigenvalue weighted by molar-refractivity contribution is -0.140. The Morgan fingerprint density at radius 2 is 1.54 bits per heavy atom. The van der Waals surface area contributed by atoms with Crippen molar-refractivity contribution in [3.8, 4) is 0 Å². The molecule has 41 heavy (non-hydrogen) atoms. The van der Waals surface area contributed by atoms with Gasteiger partial charge in [0.25, 0.3) is 0 Å². The summed E-state index contributed by atoms with van der Waals surface area (Å²) in [7, 11) is -4.01. The van der Waals surface area contributed by atoms with Gasteiger partial charge in [-0.1, -0.05) is 96.3 Å². The van der Waals surface area contributed by atoms with Crippen LogP contribution in [-0.4, -0.2) is 50.0 Å². The number of nitrogens with one attached hydrogen (secondary N) is 1. The van der Waals surface area contributed by atoms with E-state index in [-0.39, 0.29) is 45.7 Å². The number of rotatable bonds is 12. The number of halogens is 3. The highest BCUT2D eigenvalue weighted by Gasteiger charge is 2.34. The van der Waals surface area contributed by atoms with E-state index in [2.05, 4.69) is 5.32 Å². The van der Waals surface area contributed by atoms with Crippen LogP contribution in [0.5, 0.6) is 0 Å². The minimum Gasteiger partial charge on any atom is -0.352 e. The van der Waals surface area contributed by atoms with E-state index in [1.165, 1.54) is 17.0 Å². The van der Waals surface area contributed by atoms with Gasteiger partial charge in [0.05, 0.1) is 27.0 Å². The minimum atomic E-state index is -4.01. The van der Waals surface area contributed by atoms with Gasteiger partial charge in [-0.25, -0.2) is 8.42 Å². The SMILES string of the molecule is CC[C@H](C)NC(=O)[C@@H](Cc1ccccc1)N(Cc1ccccc1C)C(=O)CN(c1cc(Cl)c(Cl)cc1Cl)S(C)(=O)=O. The molecule has 0 aliphatic heterocycles. The average molecular weight is 639 g/mol. The van der Waals surface area contributed by atoms with Crippen molar-refractivity contribution in [3.63, 3.8) is 0 Å². The number of nitrogens with zero attached hydrogens (tertiary/aromatic N) is 2. The molecule has 11 heteroatoms. The molecule has 0 fully saturated rings. The summed E-state index contributed by atoms with van der Waals surface area (Å²) in [5.74, 6) is -0.912. The first kappa shape index (κ1) is 32.7. The first-order valence-corrected chi connectivity index (χ1v) is 16.1. The number of sulfonamides is 1. The van der Waals surface area contributed by atoms with Crippen molar-refractivity contribution in [3.05, 3.63) is 98.5 Å². The number of benzene rings is 3. The lowest BCUT2D eigenvalue weighted by atomic mass is 10.0. The molecule has 7 nitrogen and oxygen atoms in total. The number of anilines is 1. The van der Waals surface area contributed by atoms with Crippen LogP contribution in [0.25, 0.3) is 0 Å². The zero-order valence-electron chi connectivity index (χ0n) is 23.4. The molecule has 2 atom stereocenters. The number of aryl methyl sites for hydroxylation is 1. The zero-order chi connectivity index (χ0) is 30.3. The Morgan fingerprint density at radius 1 is 0.927 bits per heavy atom. The molecule has 0 aromatic heterocycles. The first-order chi connectivity index (χ1) is 19.3. The minimum absolute atomic E-state index is 0.0106. The van der Waals surface area contributed by atoms with Crippen LogP contribution < -0.4 is 9.62 Å². The van der Waals surface area contributed by atoms with Gasteiger partial charge in [0.2, 0.25) is 21.8 Å². The molecule has 2 amide bonds. The van der Waals surface area contributed by atoms with Crippen LogP contribution in [0.1, 0.15) is 37.0 Å². The van der Waals surface area contributed by atoms with Crippen LogP contribution in [-0.2, 0) is 32.6 Å². The zero-order valence-corrected chi connectivity index (χ0v) is 26.5.